The van der Waals surface area contributed by atoms with Gasteiger partial charge >= 0.3 is 0 Å². The summed E-state index contributed by atoms with van der Waals surface area (Å²) in [4.78, 5) is 19.1. The molecule has 0 spiro atoms. The molecule has 0 aromatic carbocycles. The number of carbonyl (C=O) groups is 1. The van der Waals surface area contributed by atoms with Gasteiger partial charge in [-0.15, -0.1) is 10.2 Å². The molecule has 2 aromatic heterocycles. The van der Waals surface area contributed by atoms with Crippen molar-refractivity contribution in [3.8, 4) is 0 Å². The van der Waals surface area contributed by atoms with Gasteiger partial charge in [0, 0.05) is 6.20 Å². The molecule has 0 saturated carbocycles. The van der Waals surface area contributed by atoms with Crippen LogP contribution in [0.25, 0.3) is 0 Å². The first kappa shape index (κ1) is 11.9. The molecule has 2 heterocycles. The standard InChI is InChI=1S/C11H12N6O/c1-7-4-14-8(5-13-7)6-15-10-3-2-9(11(12)18)16-17-10/h2-5H,6H2,1H3,(H2,12,18)(H,15,17). The quantitative estimate of drug-likeness (QED) is 0.800. The van der Waals surface area contributed by atoms with Gasteiger partial charge in [-0.1, -0.05) is 0 Å². The largest absolute Gasteiger partial charge is 0.364 e. The Morgan fingerprint density at radius 2 is 2.11 bits per heavy atom. The zero-order valence-corrected chi connectivity index (χ0v) is 9.79. The van der Waals surface area contributed by atoms with E-state index in [1.807, 2.05) is 6.92 Å². The van der Waals surface area contributed by atoms with Gasteiger partial charge in [-0.3, -0.25) is 14.8 Å². The molecule has 0 fully saturated rings. The van der Waals surface area contributed by atoms with Crippen LogP contribution in [0.2, 0.25) is 0 Å². The molecule has 3 N–H and O–H groups in total. The van der Waals surface area contributed by atoms with Crippen molar-refractivity contribution in [1.29, 1.82) is 0 Å². The molecule has 0 aliphatic heterocycles. The van der Waals surface area contributed by atoms with Crippen LogP contribution in [0.3, 0.4) is 0 Å². The van der Waals surface area contributed by atoms with Gasteiger partial charge in [-0.05, 0) is 19.1 Å². The Bertz CT molecular complexity index is 536. The van der Waals surface area contributed by atoms with Gasteiger partial charge in [0.15, 0.2) is 5.69 Å². The van der Waals surface area contributed by atoms with Gasteiger partial charge in [-0.25, -0.2) is 0 Å². The smallest absolute Gasteiger partial charge is 0.269 e. The van der Waals surface area contributed by atoms with E-state index in [1.54, 1.807) is 18.5 Å². The van der Waals surface area contributed by atoms with E-state index in [-0.39, 0.29) is 5.69 Å². The minimum absolute atomic E-state index is 0.135. The number of aromatic nitrogens is 4. The third-order valence-electron chi connectivity index (χ3n) is 2.20. The maximum Gasteiger partial charge on any atom is 0.269 e. The Morgan fingerprint density at radius 1 is 1.28 bits per heavy atom. The first-order valence-corrected chi connectivity index (χ1v) is 5.30. The number of carbonyl (C=O) groups excluding carboxylic acids is 1. The molecule has 2 rings (SSSR count). The molecule has 7 heteroatoms. The minimum Gasteiger partial charge on any atom is -0.364 e. The summed E-state index contributed by atoms with van der Waals surface area (Å²) in [6.07, 6.45) is 3.38. The second-order valence-corrected chi connectivity index (χ2v) is 3.67. The van der Waals surface area contributed by atoms with Crippen LogP contribution in [0.15, 0.2) is 24.5 Å². The topological polar surface area (TPSA) is 107 Å². The first-order chi connectivity index (χ1) is 8.65. The Balaban J connectivity index is 1.97. The summed E-state index contributed by atoms with van der Waals surface area (Å²) in [6, 6.07) is 3.15. The van der Waals surface area contributed by atoms with E-state index in [1.165, 1.54) is 6.07 Å². The number of hydrogen-bond acceptors (Lipinski definition) is 6. The molecule has 0 radical (unpaired) electrons. The fourth-order valence-electron chi connectivity index (χ4n) is 1.25. The van der Waals surface area contributed by atoms with Crippen LogP contribution in [0.1, 0.15) is 21.9 Å². The zero-order valence-electron chi connectivity index (χ0n) is 9.79. The van der Waals surface area contributed by atoms with Crippen molar-refractivity contribution in [2.45, 2.75) is 13.5 Å². The summed E-state index contributed by atoms with van der Waals surface area (Å²) in [6.45, 7) is 2.36. The highest BCUT2D eigenvalue weighted by molar-refractivity contribution is 5.90. The summed E-state index contributed by atoms with van der Waals surface area (Å²) in [5.41, 5.74) is 6.86. The first-order valence-electron chi connectivity index (χ1n) is 5.30. The van der Waals surface area contributed by atoms with Gasteiger partial charge < -0.3 is 11.1 Å². The minimum atomic E-state index is -0.599. The molecule has 18 heavy (non-hydrogen) atoms. The summed E-state index contributed by atoms with van der Waals surface area (Å²) < 4.78 is 0. The lowest BCUT2D eigenvalue weighted by Crippen LogP contribution is -2.14. The number of aryl methyl sites for hydroxylation is 1. The average Bonchev–Trinajstić information content (AvgIpc) is 2.38. The van der Waals surface area contributed by atoms with Gasteiger partial charge in [0.1, 0.15) is 5.82 Å². The number of anilines is 1. The van der Waals surface area contributed by atoms with Crippen molar-refractivity contribution in [2.75, 3.05) is 5.32 Å². The van der Waals surface area contributed by atoms with Crippen LogP contribution in [0.4, 0.5) is 5.82 Å². The molecule has 92 valence electrons. The highest BCUT2D eigenvalue weighted by Crippen LogP contribution is 2.03. The van der Waals surface area contributed by atoms with E-state index in [2.05, 4.69) is 25.5 Å². The fourth-order valence-corrected chi connectivity index (χ4v) is 1.25. The number of hydrogen-bond donors (Lipinski definition) is 2. The second-order valence-electron chi connectivity index (χ2n) is 3.67. The average molecular weight is 244 g/mol. The lowest BCUT2D eigenvalue weighted by Gasteiger charge is -2.04. The molecule has 0 unspecified atom stereocenters. The second kappa shape index (κ2) is 5.17. The molecule has 1 amide bonds. The predicted molar refractivity (Wildman–Crippen MR) is 64.6 cm³/mol. The number of nitrogens with one attached hydrogen (secondary N) is 1. The summed E-state index contributed by atoms with van der Waals surface area (Å²) in [7, 11) is 0. The van der Waals surface area contributed by atoms with Gasteiger partial charge in [0.05, 0.1) is 24.1 Å². The normalized spacial score (nSPS) is 10.1. The molecule has 0 atom stereocenters. The Hall–Kier alpha value is -2.57. The maximum atomic E-state index is 10.8. The predicted octanol–water partition coefficient (Wildman–Crippen LogP) is 0.286. The van der Waals surface area contributed by atoms with Crippen molar-refractivity contribution < 1.29 is 4.79 Å². The lowest BCUT2D eigenvalue weighted by molar-refractivity contribution is 0.0994. The molecule has 0 aliphatic rings. The van der Waals surface area contributed by atoms with E-state index >= 15 is 0 Å². The molecule has 0 aliphatic carbocycles. The number of amides is 1. The Labute approximate surface area is 103 Å². The number of primary amides is 1. The Kier molecular flexibility index (Phi) is 3.42. The molecule has 0 bridgehead atoms. The molecule has 7 nitrogen and oxygen atoms in total. The maximum absolute atomic E-state index is 10.8. The summed E-state index contributed by atoms with van der Waals surface area (Å²) in [5.74, 6) is -0.0548. The van der Waals surface area contributed by atoms with Crippen molar-refractivity contribution in [1.82, 2.24) is 20.2 Å². The molecular weight excluding hydrogens is 232 g/mol. The van der Waals surface area contributed by atoms with Crippen LogP contribution in [0, 0.1) is 6.92 Å². The molecule has 0 saturated heterocycles. The van der Waals surface area contributed by atoms with Crippen LogP contribution >= 0.6 is 0 Å². The highest BCUT2D eigenvalue weighted by atomic mass is 16.1. The van der Waals surface area contributed by atoms with E-state index in [0.717, 1.165) is 11.4 Å². The highest BCUT2D eigenvalue weighted by Gasteiger charge is 2.03. The summed E-state index contributed by atoms with van der Waals surface area (Å²) in [5, 5.41) is 10.5. The van der Waals surface area contributed by atoms with Crippen molar-refractivity contribution in [3.63, 3.8) is 0 Å². The van der Waals surface area contributed by atoms with Crippen molar-refractivity contribution >= 4 is 11.7 Å². The summed E-state index contributed by atoms with van der Waals surface area (Å²) >= 11 is 0. The Morgan fingerprint density at radius 3 is 2.67 bits per heavy atom. The van der Waals surface area contributed by atoms with Crippen molar-refractivity contribution in [3.05, 3.63) is 41.6 Å². The monoisotopic (exact) mass is 244 g/mol. The van der Waals surface area contributed by atoms with Crippen LogP contribution in [0.5, 0.6) is 0 Å². The van der Waals surface area contributed by atoms with Gasteiger partial charge in [0.25, 0.3) is 5.91 Å². The number of nitrogens with zero attached hydrogens (tertiary/aromatic N) is 4. The van der Waals surface area contributed by atoms with Crippen molar-refractivity contribution in [2.24, 2.45) is 5.73 Å². The SMILES string of the molecule is Cc1cnc(CNc2ccc(C(N)=O)nn2)cn1. The third kappa shape index (κ3) is 2.97. The number of nitrogens with two attached hydrogens (primary N) is 1. The van der Waals surface area contributed by atoms with Gasteiger partial charge in [0.2, 0.25) is 0 Å². The van der Waals surface area contributed by atoms with E-state index in [9.17, 15) is 4.79 Å². The van der Waals surface area contributed by atoms with E-state index < -0.39 is 5.91 Å². The zero-order chi connectivity index (χ0) is 13.0. The molecule has 2 aromatic rings. The van der Waals surface area contributed by atoms with E-state index in [4.69, 9.17) is 5.73 Å². The fraction of sp³-hybridized carbons (Fsp3) is 0.182. The van der Waals surface area contributed by atoms with Crippen LogP contribution in [-0.4, -0.2) is 26.1 Å². The lowest BCUT2D eigenvalue weighted by atomic mass is 10.3. The van der Waals surface area contributed by atoms with Crippen LogP contribution in [-0.2, 0) is 6.54 Å². The van der Waals surface area contributed by atoms with E-state index in [0.29, 0.717) is 12.4 Å². The number of rotatable bonds is 4. The third-order valence-corrected chi connectivity index (χ3v) is 2.20. The van der Waals surface area contributed by atoms with Gasteiger partial charge in [-0.2, -0.15) is 0 Å². The van der Waals surface area contributed by atoms with Crippen LogP contribution < -0.4 is 11.1 Å². The molecular formula is C11H12N6O.